The fraction of sp³-hybridized carbons (Fsp3) is 0.333. The van der Waals surface area contributed by atoms with Crippen molar-refractivity contribution in [1.29, 1.82) is 0 Å². The van der Waals surface area contributed by atoms with Gasteiger partial charge in [-0.05, 0) is 22.8 Å². The minimum absolute atomic E-state index is 0.0111. The van der Waals surface area contributed by atoms with Crippen LogP contribution in [0.2, 0.25) is 0 Å². The summed E-state index contributed by atoms with van der Waals surface area (Å²) in [4.78, 5) is 28.0. The van der Waals surface area contributed by atoms with Gasteiger partial charge >= 0.3 is 0 Å². The van der Waals surface area contributed by atoms with E-state index in [0.29, 0.717) is 44.3 Å². The number of hydrogen-bond acceptors (Lipinski definition) is 6. The van der Waals surface area contributed by atoms with Crippen molar-refractivity contribution in [1.82, 2.24) is 4.90 Å². The lowest BCUT2D eigenvalue weighted by atomic mass is 9.98. The van der Waals surface area contributed by atoms with Crippen molar-refractivity contribution in [3.05, 3.63) is 89.5 Å². The normalized spacial score (nSPS) is 13.9. The molecule has 0 unspecified atom stereocenters. The number of ketones is 1. The number of carbonyl (C=O) groups excluding carboxylic acids is 2. The number of anilines is 1. The van der Waals surface area contributed by atoms with Crippen LogP contribution in [0.1, 0.15) is 21.5 Å². The summed E-state index contributed by atoms with van der Waals surface area (Å²) in [6, 6.07) is 23.6. The van der Waals surface area contributed by atoms with E-state index in [2.05, 4.69) is 22.3 Å². The van der Waals surface area contributed by atoms with Crippen LogP contribution >= 0.6 is 0 Å². The molecule has 1 heterocycles. The summed E-state index contributed by atoms with van der Waals surface area (Å²) in [5.74, 6) is -0.135. The average Bonchev–Trinajstić information content (AvgIpc) is 2.93. The summed E-state index contributed by atoms with van der Waals surface area (Å²) in [6.45, 7) is 4.22. The Bertz CT molecular complexity index is 1160. The molecule has 3 aromatic rings. The van der Waals surface area contributed by atoms with Gasteiger partial charge in [0.05, 0.1) is 39.6 Å². The Balaban J connectivity index is 1.44. The molecule has 7 heteroatoms. The number of nitrogens with one attached hydrogen (secondary N) is 1. The molecule has 194 valence electrons. The van der Waals surface area contributed by atoms with Gasteiger partial charge in [-0.2, -0.15) is 0 Å². The molecular formula is C30H34N2O5. The quantitative estimate of drug-likeness (QED) is 0.295. The second kappa shape index (κ2) is 13.8. The van der Waals surface area contributed by atoms with Gasteiger partial charge in [0.25, 0.3) is 0 Å². The number of morpholine rings is 1. The van der Waals surface area contributed by atoms with Gasteiger partial charge in [0.15, 0.2) is 5.78 Å². The second-order valence-corrected chi connectivity index (χ2v) is 9.02. The maximum absolute atomic E-state index is 13.2. The molecule has 0 atom stereocenters. The maximum atomic E-state index is 13.2. The number of carbonyl (C=O) groups is 2. The van der Waals surface area contributed by atoms with Crippen molar-refractivity contribution in [3.63, 3.8) is 0 Å². The van der Waals surface area contributed by atoms with Crippen molar-refractivity contribution in [2.24, 2.45) is 0 Å². The van der Waals surface area contributed by atoms with Crippen LogP contribution < -0.4 is 5.32 Å². The molecule has 0 spiro atoms. The summed E-state index contributed by atoms with van der Waals surface area (Å²) >= 11 is 0. The van der Waals surface area contributed by atoms with E-state index in [4.69, 9.17) is 14.2 Å². The molecule has 1 saturated heterocycles. The fourth-order valence-corrected chi connectivity index (χ4v) is 4.20. The lowest BCUT2D eigenvalue weighted by molar-refractivity contribution is -0.118. The van der Waals surface area contributed by atoms with E-state index >= 15 is 0 Å². The monoisotopic (exact) mass is 502 g/mol. The molecule has 3 aromatic carbocycles. The summed E-state index contributed by atoms with van der Waals surface area (Å²) in [5, 5.41) is 3.00. The Morgan fingerprint density at radius 3 is 2.38 bits per heavy atom. The van der Waals surface area contributed by atoms with E-state index in [9.17, 15) is 9.59 Å². The van der Waals surface area contributed by atoms with Crippen molar-refractivity contribution in [2.45, 2.75) is 13.0 Å². The highest BCUT2D eigenvalue weighted by Crippen LogP contribution is 2.23. The number of benzene rings is 3. The zero-order valence-corrected chi connectivity index (χ0v) is 21.3. The van der Waals surface area contributed by atoms with E-state index in [1.165, 1.54) is 0 Å². The maximum Gasteiger partial charge on any atom is 0.238 e. The van der Waals surface area contributed by atoms with Crippen molar-refractivity contribution >= 4 is 17.4 Å². The van der Waals surface area contributed by atoms with Crippen LogP contribution in [0.25, 0.3) is 11.1 Å². The second-order valence-electron chi connectivity index (χ2n) is 9.02. The van der Waals surface area contributed by atoms with Gasteiger partial charge in [0.1, 0.15) is 0 Å². The minimum Gasteiger partial charge on any atom is -0.382 e. The molecule has 37 heavy (non-hydrogen) atoms. The standard InChI is InChI=1S/C30H34N2O5/c1-35-17-18-37-22-27-12-11-26(20-28(27)31-30(34)21-32-13-15-36-16-14-32)29(33)19-23-7-9-25(10-8-23)24-5-3-2-4-6-24/h2-12,20H,13-19,21-22H2,1H3,(H,31,34). The first kappa shape index (κ1) is 26.7. The molecule has 4 rings (SSSR count). The van der Waals surface area contributed by atoms with E-state index in [1.54, 1.807) is 19.2 Å². The molecule has 0 bridgehead atoms. The molecule has 0 radical (unpaired) electrons. The van der Waals surface area contributed by atoms with Gasteiger partial charge in [0, 0.05) is 43.4 Å². The first-order chi connectivity index (χ1) is 18.1. The van der Waals surface area contributed by atoms with Crippen LogP contribution in [0.15, 0.2) is 72.8 Å². The number of ether oxygens (including phenoxy) is 3. The molecule has 1 fully saturated rings. The van der Waals surface area contributed by atoms with Gasteiger partial charge in [-0.15, -0.1) is 0 Å². The molecule has 1 amide bonds. The highest BCUT2D eigenvalue weighted by atomic mass is 16.5. The molecule has 1 aliphatic heterocycles. The average molecular weight is 503 g/mol. The topological polar surface area (TPSA) is 77.1 Å². The Kier molecular flexibility index (Phi) is 9.97. The van der Waals surface area contributed by atoms with Crippen LogP contribution in [0.4, 0.5) is 5.69 Å². The Morgan fingerprint density at radius 1 is 0.919 bits per heavy atom. The molecule has 0 aliphatic carbocycles. The lowest BCUT2D eigenvalue weighted by Gasteiger charge is -2.26. The van der Waals surface area contributed by atoms with Crippen LogP contribution in [0, 0.1) is 0 Å². The predicted molar refractivity (Wildman–Crippen MR) is 144 cm³/mol. The van der Waals surface area contributed by atoms with Crippen LogP contribution in [0.3, 0.4) is 0 Å². The molecule has 1 N–H and O–H groups in total. The van der Waals surface area contributed by atoms with E-state index < -0.39 is 0 Å². The van der Waals surface area contributed by atoms with Crippen molar-refractivity contribution < 1.29 is 23.8 Å². The summed E-state index contributed by atoms with van der Waals surface area (Å²) < 4.78 is 16.1. The number of nitrogens with zero attached hydrogens (tertiary/aromatic N) is 1. The SMILES string of the molecule is COCCOCc1ccc(C(=O)Cc2ccc(-c3ccccc3)cc2)cc1NC(=O)CN1CCOCC1. The number of Topliss-reactive ketones (excluding diaryl/α,β-unsaturated/α-hetero) is 1. The van der Waals surface area contributed by atoms with Gasteiger partial charge in [-0.1, -0.05) is 66.7 Å². The first-order valence-electron chi connectivity index (χ1n) is 12.6. The summed E-state index contributed by atoms with van der Waals surface area (Å²) in [5.41, 5.74) is 5.15. The molecule has 7 nitrogen and oxygen atoms in total. The third-order valence-electron chi connectivity index (χ3n) is 6.29. The number of methoxy groups -OCH3 is 1. The highest BCUT2D eigenvalue weighted by molar-refractivity contribution is 6.00. The van der Waals surface area contributed by atoms with Gasteiger partial charge in [-0.3, -0.25) is 14.5 Å². The largest absolute Gasteiger partial charge is 0.382 e. The first-order valence-corrected chi connectivity index (χ1v) is 12.6. The molecule has 1 aliphatic rings. The van der Waals surface area contributed by atoms with E-state index in [1.807, 2.05) is 48.5 Å². The Morgan fingerprint density at radius 2 is 1.65 bits per heavy atom. The van der Waals surface area contributed by atoms with E-state index in [-0.39, 0.29) is 24.7 Å². The smallest absolute Gasteiger partial charge is 0.238 e. The summed E-state index contributed by atoms with van der Waals surface area (Å²) in [7, 11) is 1.62. The minimum atomic E-state index is -0.124. The van der Waals surface area contributed by atoms with Gasteiger partial charge in [-0.25, -0.2) is 0 Å². The molecule has 0 saturated carbocycles. The van der Waals surface area contributed by atoms with E-state index in [0.717, 1.165) is 35.3 Å². The van der Waals surface area contributed by atoms with Crippen LogP contribution in [0.5, 0.6) is 0 Å². The van der Waals surface area contributed by atoms with Crippen molar-refractivity contribution in [3.8, 4) is 11.1 Å². The zero-order valence-electron chi connectivity index (χ0n) is 21.3. The number of hydrogen-bond donors (Lipinski definition) is 1. The molecular weight excluding hydrogens is 468 g/mol. The Labute approximate surface area is 218 Å². The Hall–Kier alpha value is -3.36. The zero-order chi connectivity index (χ0) is 25.9. The molecule has 0 aromatic heterocycles. The van der Waals surface area contributed by atoms with Crippen LogP contribution in [-0.2, 0) is 32.0 Å². The lowest BCUT2D eigenvalue weighted by Crippen LogP contribution is -2.41. The number of amides is 1. The van der Waals surface area contributed by atoms with Crippen LogP contribution in [-0.4, -0.2) is 69.8 Å². The fourth-order valence-electron chi connectivity index (χ4n) is 4.20. The highest BCUT2D eigenvalue weighted by Gasteiger charge is 2.17. The predicted octanol–water partition coefficient (Wildman–Crippen LogP) is 4.21. The third-order valence-corrected chi connectivity index (χ3v) is 6.29. The van der Waals surface area contributed by atoms with Crippen molar-refractivity contribution in [2.75, 3.05) is 58.5 Å². The van der Waals surface area contributed by atoms with Gasteiger partial charge in [0.2, 0.25) is 5.91 Å². The van der Waals surface area contributed by atoms with Gasteiger partial charge < -0.3 is 19.5 Å². The number of rotatable bonds is 12. The summed E-state index contributed by atoms with van der Waals surface area (Å²) in [6.07, 6.45) is 0.278. The third kappa shape index (κ3) is 8.06.